The zero-order valence-corrected chi connectivity index (χ0v) is 15.9. The normalized spacial score (nSPS) is 11.5. The minimum atomic E-state index is -0.442. The van der Waals surface area contributed by atoms with E-state index in [1.807, 2.05) is 69.3 Å². The lowest BCUT2D eigenvalue weighted by molar-refractivity contribution is -0.123. The molecule has 28 heavy (non-hydrogen) atoms. The van der Waals surface area contributed by atoms with E-state index in [2.05, 4.69) is 25.6 Å². The van der Waals surface area contributed by atoms with Crippen molar-refractivity contribution in [3.8, 4) is 22.6 Å². The van der Waals surface area contributed by atoms with Gasteiger partial charge in [-0.15, -0.1) is 10.2 Å². The van der Waals surface area contributed by atoms with Gasteiger partial charge in [0.15, 0.2) is 11.5 Å². The van der Waals surface area contributed by atoms with Gasteiger partial charge in [0.05, 0.1) is 5.69 Å². The molecular weight excluding hydrogens is 352 g/mol. The molecule has 4 rings (SSSR count). The molecule has 1 aromatic carbocycles. The Hall–Kier alpha value is -3.61. The molecule has 3 heterocycles. The molecule has 0 unspecified atom stereocenters. The SMILES string of the molecule is CC(C)(C)C(=O)Nc1ccc(-c2ccc3nnc(-c4cccnc4)n3n2)cc1. The number of nitrogens with one attached hydrogen (secondary N) is 1. The van der Waals surface area contributed by atoms with Crippen LogP contribution in [0.5, 0.6) is 0 Å². The number of aromatic nitrogens is 5. The fraction of sp³-hybridized carbons (Fsp3) is 0.190. The van der Waals surface area contributed by atoms with Gasteiger partial charge in [0.2, 0.25) is 5.91 Å². The van der Waals surface area contributed by atoms with E-state index in [-0.39, 0.29) is 5.91 Å². The summed E-state index contributed by atoms with van der Waals surface area (Å²) in [5.41, 5.74) is 3.54. The van der Waals surface area contributed by atoms with E-state index < -0.39 is 5.41 Å². The van der Waals surface area contributed by atoms with Crippen LogP contribution < -0.4 is 5.32 Å². The predicted molar refractivity (Wildman–Crippen MR) is 108 cm³/mol. The van der Waals surface area contributed by atoms with Gasteiger partial charge in [-0.25, -0.2) is 0 Å². The number of fused-ring (bicyclic) bond motifs is 1. The first-order valence-corrected chi connectivity index (χ1v) is 8.96. The summed E-state index contributed by atoms with van der Waals surface area (Å²) in [6, 6.07) is 15.2. The lowest BCUT2D eigenvalue weighted by Crippen LogP contribution is -2.27. The van der Waals surface area contributed by atoms with Crippen molar-refractivity contribution in [2.45, 2.75) is 20.8 Å². The van der Waals surface area contributed by atoms with Crippen LogP contribution in [0.15, 0.2) is 60.9 Å². The van der Waals surface area contributed by atoms with Gasteiger partial charge in [-0.1, -0.05) is 32.9 Å². The summed E-state index contributed by atoms with van der Waals surface area (Å²) in [5.74, 6) is 0.615. The van der Waals surface area contributed by atoms with Gasteiger partial charge in [-0.3, -0.25) is 9.78 Å². The van der Waals surface area contributed by atoms with Crippen LogP contribution in [0.4, 0.5) is 5.69 Å². The minimum Gasteiger partial charge on any atom is -0.326 e. The monoisotopic (exact) mass is 372 g/mol. The summed E-state index contributed by atoms with van der Waals surface area (Å²) in [4.78, 5) is 16.3. The Balaban J connectivity index is 1.65. The predicted octanol–water partition coefficient (Wildman–Crippen LogP) is 3.84. The minimum absolute atomic E-state index is 0.0228. The Morgan fingerprint density at radius 1 is 0.964 bits per heavy atom. The van der Waals surface area contributed by atoms with E-state index in [1.54, 1.807) is 16.9 Å². The molecule has 0 fully saturated rings. The molecule has 4 aromatic rings. The number of carbonyl (C=O) groups excluding carboxylic acids is 1. The Bertz CT molecular complexity index is 1130. The van der Waals surface area contributed by atoms with Crippen molar-refractivity contribution >= 4 is 17.2 Å². The second-order valence-corrected chi connectivity index (χ2v) is 7.54. The number of amides is 1. The third kappa shape index (κ3) is 3.46. The number of nitrogens with zero attached hydrogens (tertiary/aromatic N) is 5. The zero-order valence-electron chi connectivity index (χ0n) is 15.9. The number of hydrogen-bond donors (Lipinski definition) is 1. The third-order valence-electron chi connectivity index (χ3n) is 4.30. The van der Waals surface area contributed by atoms with Gasteiger partial charge < -0.3 is 5.32 Å². The van der Waals surface area contributed by atoms with E-state index in [9.17, 15) is 4.79 Å². The van der Waals surface area contributed by atoms with Gasteiger partial charge in [0, 0.05) is 34.6 Å². The van der Waals surface area contributed by atoms with Crippen molar-refractivity contribution in [1.82, 2.24) is 24.8 Å². The Morgan fingerprint density at radius 3 is 2.43 bits per heavy atom. The molecule has 0 saturated carbocycles. The van der Waals surface area contributed by atoms with E-state index in [0.717, 1.165) is 22.5 Å². The van der Waals surface area contributed by atoms with Gasteiger partial charge in [-0.2, -0.15) is 9.61 Å². The fourth-order valence-corrected chi connectivity index (χ4v) is 2.66. The summed E-state index contributed by atoms with van der Waals surface area (Å²) >= 11 is 0. The molecule has 0 spiro atoms. The van der Waals surface area contributed by atoms with E-state index in [0.29, 0.717) is 11.5 Å². The number of hydrogen-bond acceptors (Lipinski definition) is 5. The fourth-order valence-electron chi connectivity index (χ4n) is 2.66. The lowest BCUT2D eigenvalue weighted by atomic mass is 9.95. The van der Waals surface area contributed by atoms with Crippen molar-refractivity contribution < 1.29 is 4.79 Å². The zero-order chi connectivity index (χ0) is 19.7. The van der Waals surface area contributed by atoms with Crippen molar-refractivity contribution in [3.05, 3.63) is 60.9 Å². The highest BCUT2D eigenvalue weighted by Crippen LogP contribution is 2.23. The van der Waals surface area contributed by atoms with Gasteiger partial charge in [0.1, 0.15) is 0 Å². The molecule has 1 N–H and O–H groups in total. The highest BCUT2D eigenvalue weighted by atomic mass is 16.2. The van der Waals surface area contributed by atoms with Crippen LogP contribution in [0.25, 0.3) is 28.3 Å². The van der Waals surface area contributed by atoms with Crippen molar-refractivity contribution in [2.75, 3.05) is 5.32 Å². The number of carbonyl (C=O) groups is 1. The maximum atomic E-state index is 12.1. The molecule has 0 aliphatic heterocycles. The summed E-state index contributed by atoms with van der Waals surface area (Å²) in [6.07, 6.45) is 3.45. The highest BCUT2D eigenvalue weighted by Gasteiger charge is 2.21. The van der Waals surface area contributed by atoms with Gasteiger partial charge in [0.25, 0.3) is 0 Å². The first-order valence-electron chi connectivity index (χ1n) is 8.96. The van der Waals surface area contributed by atoms with Crippen LogP contribution in [-0.4, -0.2) is 30.7 Å². The lowest BCUT2D eigenvalue weighted by Gasteiger charge is -2.17. The van der Waals surface area contributed by atoms with Gasteiger partial charge in [-0.05, 0) is 36.4 Å². The van der Waals surface area contributed by atoms with Crippen LogP contribution in [0.2, 0.25) is 0 Å². The molecule has 7 nitrogen and oxygen atoms in total. The molecule has 7 heteroatoms. The number of rotatable bonds is 3. The van der Waals surface area contributed by atoms with E-state index >= 15 is 0 Å². The van der Waals surface area contributed by atoms with Crippen LogP contribution in [0.3, 0.4) is 0 Å². The van der Waals surface area contributed by atoms with Crippen molar-refractivity contribution in [1.29, 1.82) is 0 Å². The van der Waals surface area contributed by atoms with Crippen LogP contribution in [0.1, 0.15) is 20.8 Å². The maximum absolute atomic E-state index is 12.1. The van der Waals surface area contributed by atoms with Crippen molar-refractivity contribution in [2.24, 2.45) is 5.41 Å². The molecule has 0 saturated heterocycles. The summed E-state index contributed by atoms with van der Waals surface area (Å²) in [5, 5.41) is 16.0. The van der Waals surface area contributed by atoms with Crippen molar-refractivity contribution in [3.63, 3.8) is 0 Å². The second-order valence-electron chi connectivity index (χ2n) is 7.54. The molecule has 0 radical (unpaired) electrons. The van der Waals surface area contributed by atoms with Crippen LogP contribution in [0, 0.1) is 5.41 Å². The smallest absolute Gasteiger partial charge is 0.229 e. The Labute approximate surface area is 162 Å². The Kier molecular flexibility index (Phi) is 4.35. The molecule has 0 aliphatic rings. The largest absolute Gasteiger partial charge is 0.326 e. The van der Waals surface area contributed by atoms with Gasteiger partial charge >= 0.3 is 0 Å². The molecule has 0 bridgehead atoms. The molecule has 0 aliphatic carbocycles. The topological polar surface area (TPSA) is 85.1 Å². The van der Waals surface area contributed by atoms with Crippen LogP contribution in [-0.2, 0) is 4.79 Å². The summed E-state index contributed by atoms with van der Waals surface area (Å²) in [7, 11) is 0. The maximum Gasteiger partial charge on any atom is 0.229 e. The summed E-state index contributed by atoms with van der Waals surface area (Å²) in [6.45, 7) is 5.65. The molecule has 1 amide bonds. The molecule has 3 aromatic heterocycles. The molecule has 0 atom stereocenters. The standard InChI is InChI=1S/C21H20N6O/c1-21(2,3)20(28)23-16-8-6-14(7-9-16)17-10-11-18-24-25-19(27(18)26-17)15-5-4-12-22-13-15/h4-13H,1-3H3,(H,23,28). The first kappa shape index (κ1) is 17.8. The van der Waals surface area contributed by atoms with E-state index in [4.69, 9.17) is 0 Å². The molecular formula is C21H20N6O. The number of anilines is 1. The molecule has 140 valence electrons. The van der Waals surface area contributed by atoms with E-state index in [1.165, 1.54) is 0 Å². The average Bonchev–Trinajstić information content (AvgIpc) is 3.12. The quantitative estimate of drug-likeness (QED) is 0.591. The highest BCUT2D eigenvalue weighted by molar-refractivity contribution is 5.94. The first-order chi connectivity index (χ1) is 13.4. The average molecular weight is 372 g/mol. The summed E-state index contributed by atoms with van der Waals surface area (Å²) < 4.78 is 1.71. The van der Waals surface area contributed by atoms with Crippen LogP contribution >= 0.6 is 0 Å². The number of pyridine rings is 1. The third-order valence-corrected chi connectivity index (χ3v) is 4.30. The second kappa shape index (κ2) is 6.84. The number of benzene rings is 1. The Morgan fingerprint density at radius 2 is 1.75 bits per heavy atom.